The second-order valence-electron chi connectivity index (χ2n) is 7.45. The molecule has 3 rings (SSSR count). The molecular weight excluding hydrogens is 449 g/mol. The first kappa shape index (κ1) is 23.9. The van der Waals surface area contributed by atoms with Crippen LogP contribution in [0.4, 0.5) is 13.2 Å². The van der Waals surface area contributed by atoms with Crippen molar-refractivity contribution in [3.8, 4) is 11.5 Å². The van der Waals surface area contributed by atoms with E-state index in [9.17, 15) is 26.4 Å². The fourth-order valence-corrected chi connectivity index (χ4v) is 4.24. The Morgan fingerprint density at radius 2 is 1.66 bits per heavy atom. The number of halogens is 3. The maximum Gasteiger partial charge on any atom is 0.573 e. The summed E-state index contributed by atoms with van der Waals surface area (Å²) in [5.41, 5.74) is 0.268. The van der Waals surface area contributed by atoms with Crippen molar-refractivity contribution < 1.29 is 35.9 Å². The van der Waals surface area contributed by atoms with Gasteiger partial charge >= 0.3 is 6.36 Å². The first-order valence-corrected chi connectivity index (χ1v) is 11.2. The van der Waals surface area contributed by atoms with Gasteiger partial charge in [0.05, 0.1) is 4.90 Å². The highest BCUT2D eigenvalue weighted by atomic mass is 32.2. The molecule has 7 nitrogen and oxygen atoms in total. The van der Waals surface area contributed by atoms with E-state index in [0.717, 1.165) is 4.31 Å². The van der Waals surface area contributed by atoms with E-state index >= 15 is 0 Å². The Hall–Kier alpha value is -2.79. The minimum Gasteiger partial charge on any atom is -0.490 e. The highest BCUT2D eigenvalue weighted by Crippen LogP contribution is 2.28. The molecule has 1 amide bonds. The molecular formula is C21H23F3N2O5S. The number of hydrogen-bond acceptors (Lipinski definition) is 5. The van der Waals surface area contributed by atoms with Crippen LogP contribution in [-0.2, 0) is 10.0 Å². The zero-order valence-electron chi connectivity index (χ0n) is 17.5. The molecule has 32 heavy (non-hydrogen) atoms. The van der Waals surface area contributed by atoms with Gasteiger partial charge in [0.25, 0.3) is 5.91 Å². The van der Waals surface area contributed by atoms with Crippen LogP contribution in [0.5, 0.6) is 11.5 Å². The van der Waals surface area contributed by atoms with E-state index in [-0.39, 0.29) is 34.0 Å². The number of benzene rings is 2. The Bertz CT molecular complexity index is 1070. The lowest BCUT2D eigenvalue weighted by atomic mass is 10.1. The number of carbonyl (C=O) groups excluding carboxylic acids is 1. The van der Waals surface area contributed by atoms with Gasteiger partial charge in [-0.3, -0.25) is 4.79 Å². The number of hydrogen-bond donors (Lipinski definition) is 0. The number of nitrogens with zero attached hydrogens (tertiary/aromatic N) is 2. The van der Waals surface area contributed by atoms with Crippen LogP contribution >= 0.6 is 0 Å². The lowest BCUT2D eigenvalue weighted by Gasteiger charge is -2.32. The van der Waals surface area contributed by atoms with Crippen molar-refractivity contribution in [3.63, 3.8) is 0 Å². The Morgan fingerprint density at radius 3 is 2.28 bits per heavy atom. The standard InChI is InChI=1S/C21H23F3N2O5S/c1-25(2)32(28,29)19-8-3-5-15(13-19)20(27)26-11-9-16(10-12-26)30-17-6-4-7-18(14-17)31-21(22,23)24/h3-8,13-14,16H,9-12H2,1-2H3. The number of piperidine rings is 1. The third-order valence-electron chi connectivity index (χ3n) is 4.93. The van der Waals surface area contributed by atoms with Crippen LogP contribution < -0.4 is 9.47 Å². The molecule has 0 radical (unpaired) electrons. The van der Waals surface area contributed by atoms with Crippen molar-refractivity contribution >= 4 is 15.9 Å². The first-order chi connectivity index (χ1) is 15.0. The number of carbonyl (C=O) groups is 1. The number of likely N-dealkylation sites (tertiary alicyclic amines) is 1. The van der Waals surface area contributed by atoms with Crippen molar-refractivity contribution in [2.45, 2.75) is 30.2 Å². The monoisotopic (exact) mass is 472 g/mol. The van der Waals surface area contributed by atoms with Crippen molar-refractivity contribution in [1.29, 1.82) is 0 Å². The lowest BCUT2D eigenvalue weighted by Crippen LogP contribution is -2.41. The van der Waals surface area contributed by atoms with Gasteiger partial charge in [-0.15, -0.1) is 13.2 Å². The van der Waals surface area contributed by atoms with Crippen LogP contribution in [0, 0.1) is 0 Å². The van der Waals surface area contributed by atoms with E-state index < -0.39 is 16.4 Å². The summed E-state index contributed by atoms with van der Waals surface area (Å²) in [6, 6.07) is 11.2. The van der Waals surface area contributed by atoms with Crippen LogP contribution in [0.15, 0.2) is 53.4 Å². The molecule has 1 fully saturated rings. The molecule has 1 aliphatic rings. The van der Waals surface area contributed by atoms with Crippen LogP contribution in [0.25, 0.3) is 0 Å². The minimum atomic E-state index is -4.78. The molecule has 1 heterocycles. The quantitative estimate of drug-likeness (QED) is 0.643. The van der Waals surface area contributed by atoms with Gasteiger partial charge in [-0.25, -0.2) is 12.7 Å². The molecule has 2 aromatic rings. The van der Waals surface area contributed by atoms with E-state index in [4.69, 9.17) is 4.74 Å². The molecule has 1 aliphatic heterocycles. The third kappa shape index (κ3) is 5.92. The van der Waals surface area contributed by atoms with Gasteiger partial charge in [0.1, 0.15) is 17.6 Å². The average Bonchev–Trinajstić information content (AvgIpc) is 2.73. The van der Waals surface area contributed by atoms with Crippen LogP contribution in [-0.4, -0.2) is 63.2 Å². The maximum absolute atomic E-state index is 12.8. The molecule has 0 aliphatic carbocycles. The number of sulfonamides is 1. The molecule has 0 N–H and O–H groups in total. The van der Waals surface area contributed by atoms with Gasteiger partial charge < -0.3 is 14.4 Å². The van der Waals surface area contributed by atoms with E-state index in [1.807, 2.05) is 0 Å². The van der Waals surface area contributed by atoms with E-state index in [1.165, 1.54) is 56.6 Å². The Morgan fingerprint density at radius 1 is 1.03 bits per heavy atom. The lowest BCUT2D eigenvalue weighted by molar-refractivity contribution is -0.274. The summed E-state index contributed by atoms with van der Waals surface area (Å²) in [6.07, 6.45) is -4.11. The SMILES string of the molecule is CN(C)S(=O)(=O)c1cccc(C(=O)N2CCC(Oc3cccc(OC(F)(F)F)c3)CC2)c1. The summed E-state index contributed by atoms with van der Waals surface area (Å²) in [5, 5.41) is 0. The normalized spacial score (nSPS) is 15.6. The Balaban J connectivity index is 1.61. The summed E-state index contributed by atoms with van der Waals surface area (Å²) in [5.74, 6) is -0.409. The molecule has 2 aromatic carbocycles. The molecule has 0 bridgehead atoms. The maximum atomic E-state index is 12.8. The fraction of sp³-hybridized carbons (Fsp3) is 0.381. The van der Waals surface area contributed by atoms with Crippen molar-refractivity contribution in [1.82, 2.24) is 9.21 Å². The highest BCUT2D eigenvalue weighted by molar-refractivity contribution is 7.89. The van der Waals surface area contributed by atoms with E-state index in [2.05, 4.69) is 4.74 Å². The van der Waals surface area contributed by atoms with E-state index in [1.54, 1.807) is 11.0 Å². The van der Waals surface area contributed by atoms with E-state index in [0.29, 0.717) is 25.9 Å². The zero-order chi connectivity index (χ0) is 23.5. The summed E-state index contributed by atoms with van der Waals surface area (Å²) in [4.78, 5) is 14.5. The van der Waals surface area contributed by atoms with Gasteiger partial charge in [0, 0.05) is 51.7 Å². The molecule has 0 atom stereocenters. The molecule has 174 valence electrons. The minimum absolute atomic E-state index is 0.0347. The first-order valence-electron chi connectivity index (χ1n) is 9.80. The number of alkyl halides is 3. The average molecular weight is 472 g/mol. The van der Waals surface area contributed by atoms with Crippen molar-refractivity contribution in [2.24, 2.45) is 0 Å². The van der Waals surface area contributed by atoms with Gasteiger partial charge in [-0.05, 0) is 30.3 Å². The van der Waals surface area contributed by atoms with Gasteiger partial charge in [-0.2, -0.15) is 0 Å². The molecule has 0 aromatic heterocycles. The van der Waals surface area contributed by atoms with Gasteiger partial charge in [0.15, 0.2) is 0 Å². The van der Waals surface area contributed by atoms with Crippen LogP contribution in [0.1, 0.15) is 23.2 Å². The number of amides is 1. The molecule has 1 saturated heterocycles. The summed E-state index contributed by atoms with van der Waals surface area (Å²) in [7, 11) is -0.828. The Kier molecular flexibility index (Phi) is 6.99. The molecule has 0 spiro atoms. The highest BCUT2D eigenvalue weighted by Gasteiger charge is 2.31. The Labute approximate surface area is 184 Å². The largest absolute Gasteiger partial charge is 0.573 e. The van der Waals surface area contributed by atoms with Crippen molar-refractivity contribution in [2.75, 3.05) is 27.2 Å². The molecule has 0 saturated carbocycles. The van der Waals surface area contributed by atoms with Crippen LogP contribution in [0.3, 0.4) is 0 Å². The smallest absolute Gasteiger partial charge is 0.490 e. The number of ether oxygens (including phenoxy) is 2. The summed E-state index contributed by atoms with van der Waals surface area (Å²) in [6.45, 7) is 0.736. The molecule has 11 heteroatoms. The zero-order valence-corrected chi connectivity index (χ0v) is 18.3. The van der Waals surface area contributed by atoms with Gasteiger partial charge in [0.2, 0.25) is 10.0 Å². The topological polar surface area (TPSA) is 76.2 Å². The predicted octanol–water partition coefficient (Wildman–Crippen LogP) is 3.52. The summed E-state index contributed by atoms with van der Waals surface area (Å²) < 4.78 is 72.5. The third-order valence-corrected chi connectivity index (χ3v) is 6.74. The predicted molar refractivity (Wildman–Crippen MR) is 110 cm³/mol. The van der Waals surface area contributed by atoms with Crippen LogP contribution in [0.2, 0.25) is 0 Å². The second-order valence-corrected chi connectivity index (χ2v) is 9.60. The van der Waals surface area contributed by atoms with Gasteiger partial charge in [-0.1, -0.05) is 12.1 Å². The second kappa shape index (κ2) is 9.37. The van der Waals surface area contributed by atoms with Crippen molar-refractivity contribution in [3.05, 3.63) is 54.1 Å². The number of rotatable bonds is 6. The molecule has 0 unspecified atom stereocenters. The summed E-state index contributed by atoms with van der Waals surface area (Å²) >= 11 is 0. The fourth-order valence-electron chi connectivity index (χ4n) is 3.30.